The third kappa shape index (κ3) is 3.69. The molecule has 1 rings (SSSR count). The van der Waals surface area contributed by atoms with Crippen LogP contribution in [0.3, 0.4) is 0 Å². The Labute approximate surface area is 101 Å². The molecule has 0 aromatic carbocycles. The van der Waals surface area contributed by atoms with Gasteiger partial charge in [-0.1, -0.05) is 22.4 Å². The topological polar surface area (TPSA) is 49.4 Å². The zero-order chi connectivity index (χ0) is 11.5. The second-order valence-electron chi connectivity index (χ2n) is 4.13. The molecular formula is C9H19BrN2O2S. The van der Waals surface area contributed by atoms with E-state index in [4.69, 9.17) is 0 Å². The maximum Gasteiger partial charge on any atom is 0.279 e. The molecule has 0 spiro atoms. The number of rotatable bonds is 4. The quantitative estimate of drug-likeness (QED) is 0.799. The van der Waals surface area contributed by atoms with Gasteiger partial charge in [0.15, 0.2) is 0 Å². The van der Waals surface area contributed by atoms with Crippen molar-refractivity contribution < 1.29 is 8.42 Å². The van der Waals surface area contributed by atoms with Gasteiger partial charge in [-0.15, -0.1) is 0 Å². The van der Waals surface area contributed by atoms with E-state index in [1.165, 1.54) is 0 Å². The fourth-order valence-corrected chi connectivity index (χ4v) is 3.83. The van der Waals surface area contributed by atoms with Crippen molar-refractivity contribution in [1.29, 1.82) is 0 Å². The minimum absolute atomic E-state index is 0.0656. The van der Waals surface area contributed by atoms with E-state index >= 15 is 0 Å². The Bertz CT molecular complexity index is 294. The van der Waals surface area contributed by atoms with Crippen molar-refractivity contribution in [1.82, 2.24) is 9.03 Å². The van der Waals surface area contributed by atoms with Crippen LogP contribution in [-0.2, 0) is 10.2 Å². The van der Waals surface area contributed by atoms with Gasteiger partial charge in [-0.25, -0.2) is 0 Å². The lowest BCUT2D eigenvalue weighted by Gasteiger charge is -2.33. The Morgan fingerprint density at radius 3 is 2.73 bits per heavy atom. The summed E-state index contributed by atoms with van der Waals surface area (Å²) in [7, 11) is -3.29. The van der Waals surface area contributed by atoms with Crippen LogP contribution in [0.25, 0.3) is 0 Å². The monoisotopic (exact) mass is 298 g/mol. The Kier molecular flexibility index (Phi) is 5.02. The Balaban J connectivity index is 2.67. The molecule has 0 aliphatic carbocycles. The van der Waals surface area contributed by atoms with E-state index in [-0.39, 0.29) is 12.1 Å². The second-order valence-corrected chi connectivity index (χ2v) is 6.44. The number of halogens is 1. The third-order valence-electron chi connectivity index (χ3n) is 2.63. The standard InChI is InChI=1S/C9H19BrN2O2S/c1-8(7-10)11-15(13,14)12-6-4-3-5-9(12)2/h8-9,11H,3-7H2,1-2H3. The number of nitrogens with zero attached hydrogens (tertiary/aromatic N) is 1. The van der Waals surface area contributed by atoms with Crippen molar-refractivity contribution in [3.63, 3.8) is 0 Å². The van der Waals surface area contributed by atoms with Gasteiger partial charge < -0.3 is 0 Å². The molecule has 6 heteroatoms. The summed E-state index contributed by atoms with van der Waals surface area (Å²) < 4.78 is 28.2. The molecule has 0 amide bonds. The zero-order valence-corrected chi connectivity index (χ0v) is 11.6. The van der Waals surface area contributed by atoms with Crippen molar-refractivity contribution in [2.24, 2.45) is 0 Å². The fourth-order valence-electron chi connectivity index (χ4n) is 1.78. The van der Waals surface area contributed by atoms with Crippen LogP contribution in [-0.4, -0.2) is 36.7 Å². The number of hydrogen-bond acceptors (Lipinski definition) is 2. The summed E-state index contributed by atoms with van der Waals surface area (Å²) in [4.78, 5) is 0. The summed E-state index contributed by atoms with van der Waals surface area (Å²) in [6, 6.07) is 0.0582. The lowest BCUT2D eigenvalue weighted by Crippen LogP contribution is -2.50. The van der Waals surface area contributed by atoms with E-state index < -0.39 is 10.2 Å². The first-order valence-electron chi connectivity index (χ1n) is 5.32. The minimum Gasteiger partial charge on any atom is -0.198 e. The minimum atomic E-state index is -3.29. The number of hydrogen-bond donors (Lipinski definition) is 1. The molecule has 0 aromatic rings. The van der Waals surface area contributed by atoms with Gasteiger partial charge in [0.1, 0.15) is 0 Å². The summed E-state index contributed by atoms with van der Waals surface area (Å²) in [5.41, 5.74) is 0. The van der Waals surface area contributed by atoms with E-state index in [9.17, 15) is 8.42 Å². The summed E-state index contributed by atoms with van der Waals surface area (Å²) >= 11 is 3.26. The first-order chi connectivity index (χ1) is 6.97. The fraction of sp³-hybridized carbons (Fsp3) is 1.00. The van der Waals surface area contributed by atoms with Crippen LogP contribution in [0.4, 0.5) is 0 Å². The summed E-state index contributed by atoms with van der Waals surface area (Å²) in [5.74, 6) is 0. The highest BCUT2D eigenvalue weighted by Gasteiger charge is 2.29. The second kappa shape index (κ2) is 5.61. The zero-order valence-electron chi connectivity index (χ0n) is 9.24. The maximum absolute atomic E-state index is 12.0. The first-order valence-corrected chi connectivity index (χ1v) is 7.88. The van der Waals surface area contributed by atoms with Crippen molar-refractivity contribution in [2.45, 2.75) is 45.2 Å². The highest BCUT2D eigenvalue weighted by Crippen LogP contribution is 2.19. The van der Waals surface area contributed by atoms with Crippen LogP contribution in [0, 0.1) is 0 Å². The first kappa shape index (κ1) is 13.4. The van der Waals surface area contributed by atoms with E-state index in [0.29, 0.717) is 11.9 Å². The number of nitrogens with one attached hydrogen (secondary N) is 1. The molecule has 0 radical (unpaired) electrons. The molecule has 90 valence electrons. The van der Waals surface area contributed by atoms with Gasteiger partial charge >= 0.3 is 0 Å². The van der Waals surface area contributed by atoms with Crippen LogP contribution in [0.15, 0.2) is 0 Å². The van der Waals surface area contributed by atoms with Crippen molar-refractivity contribution in [2.75, 3.05) is 11.9 Å². The molecular weight excluding hydrogens is 280 g/mol. The van der Waals surface area contributed by atoms with Crippen LogP contribution >= 0.6 is 15.9 Å². The Morgan fingerprint density at radius 1 is 1.53 bits per heavy atom. The van der Waals surface area contributed by atoms with Crippen LogP contribution in [0.1, 0.15) is 33.1 Å². The normalized spacial score (nSPS) is 26.5. The molecule has 2 atom stereocenters. The molecule has 1 N–H and O–H groups in total. The summed E-state index contributed by atoms with van der Waals surface area (Å²) in [5, 5.41) is 0.633. The van der Waals surface area contributed by atoms with Gasteiger partial charge in [0.25, 0.3) is 10.2 Å². The smallest absolute Gasteiger partial charge is 0.198 e. The lowest BCUT2D eigenvalue weighted by molar-refractivity contribution is 0.264. The van der Waals surface area contributed by atoms with Crippen molar-refractivity contribution in [3.05, 3.63) is 0 Å². The van der Waals surface area contributed by atoms with E-state index in [1.54, 1.807) is 4.31 Å². The number of alkyl halides is 1. The average Bonchev–Trinajstić information content (AvgIpc) is 2.17. The van der Waals surface area contributed by atoms with Gasteiger partial charge in [-0.05, 0) is 26.7 Å². The molecule has 2 unspecified atom stereocenters. The van der Waals surface area contributed by atoms with Gasteiger partial charge in [0.2, 0.25) is 0 Å². The lowest BCUT2D eigenvalue weighted by atomic mass is 10.1. The molecule has 0 saturated carbocycles. The Morgan fingerprint density at radius 2 is 2.20 bits per heavy atom. The molecule has 1 fully saturated rings. The molecule has 1 heterocycles. The molecule has 1 saturated heterocycles. The molecule has 0 bridgehead atoms. The molecule has 1 aliphatic rings. The average molecular weight is 299 g/mol. The van der Waals surface area contributed by atoms with Crippen molar-refractivity contribution in [3.8, 4) is 0 Å². The largest absolute Gasteiger partial charge is 0.279 e. The van der Waals surface area contributed by atoms with Crippen LogP contribution < -0.4 is 4.72 Å². The van der Waals surface area contributed by atoms with E-state index in [2.05, 4.69) is 20.7 Å². The van der Waals surface area contributed by atoms with Crippen LogP contribution in [0.5, 0.6) is 0 Å². The Hall–Kier alpha value is 0.350. The predicted octanol–water partition coefficient (Wildman–Crippen LogP) is 1.48. The molecule has 15 heavy (non-hydrogen) atoms. The highest BCUT2D eigenvalue weighted by atomic mass is 79.9. The SMILES string of the molecule is CC(CBr)NS(=O)(=O)N1CCCCC1C. The van der Waals surface area contributed by atoms with Gasteiger partial charge in [-0.3, -0.25) is 0 Å². The van der Waals surface area contributed by atoms with E-state index in [1.807, 2.05) is 13.8 Å². The van der Waals surface area contributed by atoms with Crippen LogP contribution in [0.2, 0.25) is 0 Å². The number of piperidine rings is 1. The summed E-state index contributed by atoms with van der Waals surface area (Å²) in [6.07, 6.45) is 3.05. The maximum atomic E-state index is 12.0. The van der Waals surface area contributed by atoms with Gasteiger partial charge in [0, 0.05) is 24.0 Å². The third-order valence-corrected chi connectivity index (χ3v) is 5.46. The molecule has 1 aliphatic heterocycles. The van der Waals surface area contributed by atoms with Crippen molar-refractivity contribution >= 4 is 26.1 Å². The predicted molar refractivity (Wildman–Crippen MR) is 65.3 cm³/mol. The highest BCUT2D eigenvalue weighted by molar-refractivity contribution is 9.09. The van der Waals surface area contributed by atoms with Gasteiger partial charge in [0.05, 0.1) is 0 Å². The summed E-state index contributed by atoms with van der Waals surface area (Å²) in [6.45, 7) is 4.46. The molecule has 4 nitrogen and oxygen atoms in total. The van der Waals surface area contributed by atoms with Gasteiger partial charge in [-0.2, -0.15) is 17.4 Å². The van der Waals surface area contributed by atoms with E-state index in [0.717, 1.165) is 19.3 Å². The molecule has 0 aromatic heterocycles.